The molecule has 0 amide bonds. The molecule has 0 aliphatic heterocycles. The third-order valence-corrected chi connectivity index (χ3v) is 3.38. The molecule has 0 bridgehead atoms. The maximum atomic E-state index is 6.26. The van der Waals surface area contributed by atoms with Gasteiger partial charge in [-0.1, -0.05) is 42.3 Å². The number of benzene rings is 1. The topological polar surface area (TPSA) is 15.3 Å². The summed E-state index contributed by atoms with van der Waals surface area (Å²) in [5.41, 5.74) is 1.07. The minimum absolute atomic E-state index is 0.219. The normalized spacial score (nSPS) is 13.1. The molecular formula is C13H20Cl2N2. The van der Waals surface area contributed by atoms with Gasteiger partial charge in [0.1, 0.15) is 0 Å². The van der Waals surface area contributed by atoms with Crippen LogP contribution in [0.1, 0.15) is 24.9 Å². The van der Waals surface area contributed by atoms with E-state index in [0.29, 0.717) is 10.0 Å². The van der Waals surface area contributed by atoms with Crippen molar-refractivity contribution in [1.82, 2.24) is 10.2 Å². The molecule has 1 atom stereocenters. The molecule has 0 spiro atoms. The molecule has 0 saturated heterocycles. The van der Waals surface area contributed by atoms with E-state index in [1.54, 1.807) is 0 Å². The van der Waals surface area contributed by atoms with Crippen molar-refractivity contribution >= 4 is 23.2 Å². The van der Waals surface area contributed by atoms with Crippen LogP contribution in [0.3, 0.4) is 0 Å². The van der Waals surface area contributed by atoms with Crippen molar-refractivity contribution < 1.29 is 0 Å². The highest BCUT2D eigenvalue weighted by molar-refractivity contribution is 6.42. The Hall–Kier alpha value is -0.280. The molecule has 0 radical (unpaired) electrons. The van der Waals surface area contributed by atoms with Gasteiger partial charge in [0.15, 0.2) is 0 Å². The van der Waals surface area contributed by atoms with Crippen LogP contribution in [0.25, 0.3) is 0 Å². The largest absolute Gasteiger partial charge is 0.309 e. The Morgan fingerprint density at radius 2 is 2.00 bits per heavy atom. The Balaban J connectivity index is 2.90. The van der Waals surface area contributed by atoms with E-state index < -0.39 is 0 Å². The van der Waals surface area contributed by atoms with Gasteiger partial charge in [-0.3, -0.25) is 0 Å². The van der Waals surface area contributed by atoms with E-state index in [1.165, 1.54) is 0 Å². The molecule has 0 saturated carbocycles. The van der Waals surface area contributed by atoms with Crippen LogP contribution in [-0.4, -0.2) is 32.1 Å². The predicted octanol–water partition coefficient (Wildman–Crippen LogP) is 3.60. The molecule has 1 unspecified atom stereocenters. The van der Waals surface area contributed by atoms with Gasteiger partial charge in [0.05, 0.1) is 10.0 Å². The van der Waals surface area contributed by atoms with Crippen LogP contribution in [0.5, 0.6) is 0 Å². The number of likely N-dealkylation sites (N-methyl/N-ethyl adjacent to an activating group) is 1. The maximum Gasteiger partial charge on any atom is 0.0640 e. The first-order valence-corrected chi connectivity index (χ1v) is 6.63. The fraction of sp³-hybridized carbons (Fsp3) is 0.538. The van der Waals surface area contributed by atoms with Gasteiger partial charge >= 0.3 is 0 Å². The second kappa shape index (κ2) is 7.22. The molecule has 1 rings (SSSR count). The molecule has 4 heteroatoms. The summed E-state index contributed by atoms with van der Waals surface area (Å²) >= 11 is 12.3. The van der Waals surface area contributed by atoms with Gasteiger partial charge in [0, 0.05) is 12.6 Å². The van der Waals surface area contributed by atoms with Crippen molar-refractivity contribution in [3.8, 4) is 0 Å². The number of rotatable bonds is 6. The Kier molecular flexibility index (Phi) is 6.28. The number of halogens is 2. The highest BCUT2D eigenvalue weighted by Gasteiger charge is 2.16. The Morgan fingerprint density at radius 3 is 2.59 bits per heavy atom. The van der Waals surface area contributed by atoms with E-state index in [1.807, 2.05) is 18.2 Å². The van der Waals surface area contributed by atoms with Gasteiger partial charge in [-0.15, -0.1) is 0 Å². The zero-order chi connectivity index (χ0) is 12.8. The summed E-state index contributed by atoms with van der Waals surface area (Å²) < 4.78 is 0. The molecular weight excluding hydrogens is 255 g/mol. The van der Waals surface area contributed by atoms with E-state index in [9.17, 15) is 0 Å². The van der Waals surface area contributed by atoms with Crippen molar-refractivity contribution in [1.29, 1.82) is 0 Å². The van der Waals surface area contributed by atoms with E-state index in [0.717, 1.165) is 25.1 Å². The summed E-state index contributed by atoms with van der Waals surface area (Å²) in [6.45, 7) is 4.03. The molecule has 96 valence electrons. The molecule has 0 fully saturated rings. The summed E-state index contributed by atoms with van der Waals surface area (Å²) in [4.78, 5) is 2.14. The highest BCUT2D eigenvalue weighted by Crippen LogP contribution is 2.30. The van der Waals surface area contributed by atoms with Crippen molar-refractivity contribution in [2.75, 3.05) is 27.2 Å². The lowest BCUT2D eigenvalue weighted by molar-refractivity contribution is 0.342. The Bertz CT molecular complexity index is 353. The highest BCUT2D eigenvalue weighted by atomic mass is 35.5. The van der Waals surface area contributed by atoms with E-state index in [2.05, 4.69) is 31.2 Å². The molecule has 17 heavy (non-hydrogen) atoms. The quantitative estimate of drug-likeness (QED) is 0.853. The molecule has 1 aromatic rings. The van der Waals surface area contributed by atoms with Crippen molar-refractivity contribution in [3.05, 3.63) is 33.8 Å². The minimum atomic E-state index is 0.219. The lowest BCUT2D eigenvalue weighted by Crippen LogP contribution is -2.31. The molecule has 2 nitrogen and oxygen atoms in total. The van der Waals surface area contributed by atoms with Crippen LogP contribution in [0.15, 0.2) is 18.2 Å². The van der Waals surface area contributed by atoms with Crippen molar-refractivity contribution in [2.24, 2.45) is 0 Å². The van der Waals surface area contributed by atoms with E-state index >= 15 is 0 Å². The number of hydrogen-bond acceptors (Lipinski definition) is 2. The molecule has 0 aliphatic rings. The van der Waals surface area contributed by atoms with Gasteiger partial charge in [0.2, 0.25) is 0 Å². The Morgan fingerprint density at radius 1 is 1.29 bits per heavy atom. The van der Waals surface area contributed by atoms with Gasteiger partial charge < -0.3 is 10.2 Å². The standard InChI is InChI=1S/C13H20Cl2N2/c1-4-8-16-12(9-17(2)3)10-6-5-7-11(14)13(10)15/h5-7,12,16H,4,8-9H2,1-3H3. The SMILES string of the molecule is CCCNC(CN(C)C)c1cccc(Cl)c1Cl. The third-order valence-electron chi connectivity index (χ3n) is 2.55. The summed E-state index contributed by atoms with van der Waals surface area (Å²) in [5.74, 6) is 0. The monoisotopic (exact) mass is 274 g/mol. The molecule has 0 heterocycles. The average Bonchev–Trinajstić information content (AvgIpc) is 2.28. The summed E-state index contributed by atoms with van der Waals surface area (Å²) in [7, 11) is 4.11. The fourth-order valence-corrected chi connectivity index (χ4v) is 2.19. The van der Waals surface area contributed by atoms with Crippen LogP contribution in [0.2, 0.25) is 10.0 Å². The number of nitrogens with zero attached hydrogens (tertiary/aromatic N) is 1. The first-order chi connectivity index (χ1) is 8.06. The van der Waals surface area contributed by atoms with Gasteiger partial charge in [-0.2, -0.15) is 0 Å². The summed E-state index contributed by atoms with van der Waals surface area (Å²) in [6.07, 6.45) is 1.10. The summed E-state index contributed by atoms with van der Waals surface area (Å²) in [5, 5.41) is 4.77. The van der Waals surface area contributed by atoms with Crippen LogP contribution in [0.4, 0.5) is 0 Å². The fourth-order valence-electron chi connectivity index (χ4n) is 1.75. The van der Waals surface area contributed by atoms with Crippen LogP contribution in [-0.2, 0) is 0 Å². The molecule has 0 aliphatic carbocycles. The second-order valence-corrected chi connectivity index (χ2v) is 5.20. The van der Waals surface area contributed by atoms with Gasteiger partial charge in [-0.05, 0) is 38.7 Å². The lowest BCUT2D eigenvalue weighted by atomic mass is 10.1. The maximum absolute atomic E-state index is 6.26. The van der Waals surface area contributed by atoms with Crippen LogP contribution >= 0.6 is 23.2 Å². The lowest BCUT2D eigenvalue weighted by Gasteiger charge is -2.24. The van der Waals surface area contributed by atoms with Crippen LogP contribution in [0, 0.1) is 0 Å². The first-order valence-electron chi connectivity index (χ1n) is 5.88. The predicted molar refractivity (Wildman–Crippen MR) is 76.1 cm³/mol. The molecule has 1 N–H and O–H groups in total. The van der Waals surface area contributed by atoms with E-state index in [4.69, 9.17) is 23.2 Å². The smallest absolute Gasteiger partial charge is 0.0640 e. The van der Waals surface area contributed by atoms with E-state index in [-0.39, 0.29) is 6.04 Å². The van der Waals surface area contributed by atoms with Crippen molar-refractivity contribution in [3.63, 3.8) is 0 Å². The Labute approximate surface area is 114 Å². The zero-order valence-corrected chi connectivity index (χ0v) is 12.1. The van der Waals surface area contributed by atoms with Gasteiger partial charge in [0.25, 0.3) is 0 Å². The summed E-state index contributed by atoms with van der Waals surface area (Å²) in [6, 6.07) is 6.02. The minimum Gasteiger partial charge on any atom is -0.309 e. The van der Waals surface area contributed by atoms with Gasteiger partial charge in [-0.25, -0.2) is 0 Å². The zero-order valence-electron chi connectivity index (χ0n) is 10.6. The van der Waals surface area contributed by atoms with Crippen LogP contribution < -0.4 is 5.32 Å². The van der Waals surface area contributed by atoms with Crippen molar-refractivity contribution in [2.45, 2.75) is 19.4 Å². The third kappa shape index (κ3) is 4.47. The number of nitrogens with one attached hydrogen (secondary N) is 1. The molecule has 0 aromatic heterocycles. The first kappa shape index (κ1) is 14.8. The average molecular weight is 275 g/mol. The molecule has 1 aromatic carbocycles. The number of hydrogen-bond donors (Lipinski definition) is 1. The second-order valence-electron chi connectivity index (χ2n) is 4.41.